The van der Waals surface area contributed by atoms with Gasteiger partial charge in [-0.15, -0.1) is 13.2 Å². The summed E-state index contributed by atoms with van der Waals surface area (Å²) in [5, 5.41) is 16.8. The van der Waals surface area contributed by atoms with Gasteiger partial charge in [0, 0.05) is 0 Å². The highest BCUT2D eigenvalue weighted by atomic mass is 19.4. The van der Waals surface area contributed by atoms with E-state index in [0.717, 1.165) is 0 Å². The van der Waals surface area contributed by atoms with Crippen LogP contribution in [0.25, 0.3) is 0 Å². The molecule has 0 atom stereocenters. The second-order valence-corrected chi connectivity index (χ2v) is 2.60. The Hall–Kier alpha value is -2.20. The Labute approximate surface area is 90.0 Å². The molecule has 0 aliphatic heterocycles. The highest BCUT2D eigenvalue weighted by Gasteiger charge is 2.48. The van der Waals surface area contributed by atoms with Crippen molar-refractivity contribution in [3.05, 3.63) is 17.2 Å². The molecule has 1 N–H and O–H groups in total. The molecule has 1 rings (SSSR count). The number of nitrogens with zero attached hydrogens (tertiary/aromatic N) is 3. The Morgan fingerprint density at radius 1 is 1.12 bits per heavy atom. The maximum atomic E-state index is 12.9. The highest BCUT2D eigenvalue weighted by Crippen LogP contribution is 2.34. The molecule has 0 fully saturated rings. The van der Waals surface area contributed by atoms with Gasteiger partial charge in [-0.2, -0.15) is 19.3 Å². The van der Waals surface area contributed by atoms with Gasteiger partial charge in [-0.05, 0) is 0 Å². The third-order valence-electron chi connectivity index (χ3n) is 1.44. The average Bonchev–Trinajstić information content (AvgIpc) is 2.57. The van der Waals surface area contributed by atoms with Crippen LogP contribution in [0.5, 0.6) is 0 Å². The lowest BCUT2D eigenvalue weighted by molar-refractivity contribution is -0.433. The van der Waals surface area contributed by atoms with Gasteiger partial charge in [-0.1, -0.05) is 0 Å². The molecular weight excluding hydrogens is 251 g/mol. The van der Waals surface area contributed by atoms with Crippen LogP contribution < -0.4 is 0 Å². The van der Waals surface area contributed by atoms with Crippen molar-refractivity contribution < 1.29 is 26.7 Å². The minimum Gasteiger partial charge on any atom is -0.325 e. The zero-order valence-corrected chi connectivity index (χ0v) is 7.64. The number of alkyl halides is 5. The fourth-order valence-electron chi connectivity index (χ4n) is 0.867. The summed E-state index contributed by atoms with van der Waals surface area (Å²) in [6.45, 7) is 0. The van der Waals surface area contributed by atoms with Gasteiger partial charge in [0.1, 0.15) is 12.1 Å². The fourth-order valence-corrected chi connectivity index (χ4v) is 0.867. The average molecular weight is 252 g/mol. The Bertz CT molecular complexity index is 474. The molecule has 0 saturated carbocycles. The molecule has 0 spiro atoms. The second kappa shape index (κ2) is 3.99. The normalized spacial score (nSPS) is 11.9. The van der Waals surface area contributed by atoms with Crippen molar-refractivity contribution >= 4 is 0 Å². The monoisotopic (exact) mass is 252 g/mol. The van der Waals surface area contributed by atoms with E-state index in [9.17, 15) is 22.0 Å². The molecule has 1 aromatic rings. The lowest BCUT2D eigenvalue weighted by Crippen LogP contribution is -2.28. The first-order valence-corrected chi connectivity index (χ1v) is 3.75. The first-order valence-electron chi connectivity index (χ1n) is 3.75. The van der Waals surface area contributed by atoms with Crippen LogP contribution in [-0.4, -0.2) is 16.3 Å². The third kappa shape index (κ3) is 2.89. The lowest BCUT2D eigenvalue weighted by Gasteiger charge is -2.15. The number of aromatic nitrogens is 2. The van der Waals surface area contributed by atoms with Crippen LogP contribution in [0.3, 0.4) is 0 Å². The quantitative estimate of drug-likeness (QED) is 0.812. The smallest absolute Gasteiger partial charge is 0.325 e. The Morgan fingerprint density at radius 3 is 2.06 bits per heavy atom. The van der Waals surface area contributed by atoms with Crippen LogP contribution in [0, 0.1) is 22.7 Å². The molecule has 5 nitrogen and oxygen atoms in total. The Balaban J connectivity index is 3.13. The van der Waals surface area contributed by atoms with Gasteiger partial charge < -0.3 is 4.98 Å². The van der Waals surface area contributed by atoms with Crippen molar-refractivity contribution in [2.24, 2.45) is 0 Å². The van der Waals surface area contributed by atoms with E-state index in [0.29, 0.717) is 0 Å². The van der Waals surface area contributed by atoms with E-state index in [2.05, 4.69) is 9.72 Å². The number of halogens is 5. The SMILES string of the molecule is N#Cc1nc(C(F)(F)OC(F)(F)F)[nH]c1C#N. The molecule has 17 heavy (non-hydrogen) atoms. The van der Waals surface area contributed by atoms with Gasteiger partial charge in [-0.25, -0.2) is 9.72 Å². The molecule has 0 radical (unpaired) electrons. The summed E-state index contributed by atoms with van der Waals surface area (Å²) in [4.78, 5) is 4.42. The number of aromatic amines is 1. The second-order valence-electron chi connectivity index (χ2n) is 2.60. The van der Waals surface area contributed by atoms with Crippen molar-refractivity contribution in [3.8, 4) is 12.1 Å². The summed E-state index contributed by atoms with van der Waals surface area (Å²) < 4.78 is 63.2. The van der Waals surface area contributed by atoms with Crippen molar-refractivity contribution in [2.45, 2.75) is 12.5 Å². The van der Waals surface area contributed by atoms with E-state index >= 15 is 0 Å². The van der Waals surface area contributed by atoms with Gasteiger partial charge in [0.25, 0.3) is 0 Å². The van der Waals surface area contributed by atoms with Crippen molar-refractivity contribution in [2.75, 3.05) is 0 Å². The zero-order valence-electron chi connectivity index (χ0n) is 7.64. The number of imidazole rings is 1. The molecule has 1 heterocycles. The maximum absolute atomic E-state index is 12.9. The number of rotatable bonds is 2. The van der Waals surface area contributed by atoms with Crippen LogP contribution >= 0.6 is 0 Å². The fraction of sp³-hybridized carbons (Fsp3) is 0.286. The number of ether oxygens (including phenoxy) is 1. The summed E-state index contributed by atoms with van der Waals surface area (Å²) in [6.07, 6.45) is -10.4. The molecular formula is C7HF5N4O. The van der Waals surface area contributed by atoms with Crippen molar-refractivity contribution in [1.29, 1.82) is 10.5 Å². The van der Waals surface area contributed by atoms with E-state index in [4.69, 9.17) is 10.5 Å². The predicted octanol–water partition coefficient (Wildman–Crippen LogP) is 1.74. The summed E-state index contributed by atoms with van der Waals surface area (Å²) in [5.41, 5.74) is -1.42. The number of H-pyrrole nitrogens is 1. The minimum atomic E-state index is -5.59. The van der Waals surface area contributed by atoms with Crippen LogP contribution in [0.1, 0.15) is 17.2 Å². The number of nitrogens with one attached hydrogen (secondary N) is 1. The van der Waals surface area contributed by atoms with Crippen molar-refractivity contribution in [3.63, 3.8) is 0 Å². The predicted molar refractivity (Wildman–Crippen MR) is 39.1 cm³/mol. The van der Waals surface area contributed by atoms with Gasteiger partial charge in [0.05, 0.1) is 0 Å². The Morgan fingerprint density at radius 2 is 1.71 bits per heavy atom. The molecule has 90 valence electrons. The topological polar surface area (TPSA) is 85.5 Å². The molecule has 0 unspecified atom stereocenters. The number of hydrogen-bond acceptors (Lipinski definition) is 4. The largest absolute Gasteiger partial charge is 0.527 e. The molecule has 0 aromatic carbocycles. The summed E-state index contributed by atoms with van der Waals surface area (Å²) in [6, 6.07) is 2.56. The third-order valence-corrected chi connectivity index (χ3v) is 1.44. The van der Waals surface area contributed by atoms with Crippen LogP contribution in [0.2, 0.25) is 0 Å². The summed E-state index contributed by atoms with van der Waals surface area (Å²) in [5.74, 6) is -1.57. The first kappa shape index (κ1) is 12.9. The molecule has 0 amide bonds. The molecule has 0 aliphatic rings. The lowest BCUT2D eigenvalue weighted by atomic mass is 10.4. The van der Waals surface area contributed by atoms with E-state index in [-0.39, 0.29) is 0 Å². The number of hydrogen-bond donors (Lipinski definition) is 1. The Kier molecular flexibility index (Phi) is 3.02. The molecule has 10 heteroatoms. The summed E-state index contributed by atoms with van der Waals surface area (Å²) >= 11 is 0. The maximum Gasteiger partial charge on any atom is 0.527 e. The molecule has 0 aliphatic carbocycles. The van der Waals surface area contributed by atoms with Crippen LogP contribution in [-0.2, 0) is 10.8 Å². The van der Waals surface area contributed by atoms with Gasteiger partial charge in [0.2, 0.25) is 5.82 Å². The summed E-state index contributed by atoms with van der Waals surface area (Å²) in [7, 11) is 0. The van der Waals surface area contributed by atoms with Crippen LogP contribution in [0.15, 0.2) is 0 Å². The standard InChI is InChI=1S/C7HF5N4O/c8-6(9,17-7(10,11)12)5-15-3(1-13)4(2-14)16-5/h(H,15,16). The minimum absolute atomic E-state index is 0.673. The number of nitriles is 2. The molecule has 1 aromatic heterocycles. The molecule has 0 saturated heterocycles. The van der Waals surface area contributed by atoms with Gasteiger partial charge >= 0.3 is 12.5 Å². The van der Waals surface area contributed by atoms with Crippen LogP contribution in [0.4, 0.5) is 22.0 Å². The van der Waals surface area contributed by atoms with E-state index < -0.39 is 29.7 Å². The van der Waals surface area contributed by atoms with Gasteiger partial charge in [-0.3, -0.25) is 0 Å². The van der Waals surface area contributed by atoms with E-state index in [1.54, 1.807) is 4.98 Å². The van der Waals surface area contributed by atoms with E-state index in [1.807, 2.05) is 0 Å². The zero-order chi connectivity index (χ0) is 13.3. The molecule has 0 bridgehead atoms. The van der Waals surface area contributed by atoms with E-state index in [1.165, 1.54) is 12.1 Å². The van der Waals surface area contributed by atoms with Gasteiger partial charge in [0.15, 0.2) is 11.4 Å². The van der Waals surface area contributed by atoms with Crippen molar-refractivity contribution in [1.82, 2.24) is 9.97 Å². The first-order chi connectivity index (χ1) is 7.69. The highest BCUT2D eigenvalue weighted by molar-refractivity contribution is 5.36.